The average Bonchev–Trinajstić information content (AvgIpc) is 2.68. The van der Waals surface area contributed by atoms with E-state index in [1.165, 1.54) is 4.31 Å². The summed E-state index contributed by atoms with van der Waals surface area (Å²) >= 11 is 0. The Morgan fingerprint density at radius 3 is 2.35 bits per heavy atom. The maximum absolute atomic E-state index is 12.7. The summed E-state index contributed by atoms with van der Waals surface area (Å²) in [6.45, 7) is 1.20. The summed E-state index contributed by atoms with van der Waals surface area (Å²) in [5.41, 5.74) is 1.33. The van der Waals surface area contributed by atoms with Gasteiger partial charge in [-0.15, -0.1) is 0 Å². The van der Waals surface area contributed by atoms with Crippen LogP contribution in [0.25, 0.3) is 0 Å². The van der Waals surface area contributed by atoms with Crippen molar-refractivity contribution in [2.45, 2.75) is 24.2 Å². The van der Waals surface area contributed by atoms with Crippen molar-refractivity contribution >= 4 is 27.3 Å². The van der Waals surface area contributed by atoms with Crippen LogP contribution in [0.1, 0.15) is 19.3 Å². The molecule has 0 spiro atoms. The lowest BCUT2D eigenvalue weighted by Crippen LogP contribution is -2.35. The second-order valence-electron chi connectivity index (χ2n) is 6.26. The summed E-state index contributed by atoms with van der Waals surface area (Å²) in [7, 11) is -3.48. The summed E-state index contributed by atoms with van der Waals surface area (Å²) in [5, 5.41) is 5.77. The molecule has 2 aromatic rings. The third-order valence-corrected chi connectivity index (χ3v) is 6.19. The molecule has 6 nitrogen and oxygen atoms in total. The molecule has 2 aromatic carbocycles. The molecule has 3 rings (SSSR count). The highest BCUT2D eigenvalue weighted by Gasteiger charge is 2.25. The van der Waals surface area contributed by atoms with Crippen LogP contribution in [0.15, 0.2) is 59.5 Å². The van der Waals surface area contributed by atoms with Crippen molar-refractivity contribution in [3.8, 4) is 0 Å². The van der Waals surface area contributed by atoms with Gasteiger partial charge >= 0.3 is 0 Å². The number of nitrogens with one attached hydrogen (secondary N) is 2. The zero-order chi connectivity index (χ0) is 18.4. The topological polar surface area (TPSA) is 78.5 Å². The van der Waals surface area contributed by atoms with Gasteiger partial charge in [-0.25, -0.2) is 8.42 Å². The van der Waals surface area contributed by atoms with Crippen LogP contribution in [-0.2, 0) is 14.8 Å². The molecular formula is C19H23N3O3S. The molecule has 138 valence electrons. The highest BCUT2D eigenvalue weighted by atomic mass is 32.2. The summed E-state index contributed by atoms with van der Waals surface area (Å²) in [4.78, 5) is 12.3. The quantitative estimate of drug-likeness (QED) is 0.816. The van der Waals surface area contributed by atoms with Gasteiger partial charge in [0.2, 0.25) is 15.9 Å². The first-order valence-electron chi connectivity index (χ1n) is 8.75. The van der Waals surface area contributed by atoms with Gasteiger partial charge in [0.25, 0.3) is 0 Å². The van der Waals surface area contributed by atoms with E-state index in [4.69, 9.17) is 0 Å². The zero-order valence-corrected chi connectivity index (χ0v) is 15.3. The Labute approximate surface area is 154 Å². The predicted octanol–water partition coefficient (Wildman–Crippen LogP) is 2.91. The molecule has 0 aromatic heterocycles. The number of carbonyl (C=O) groups excluding carboxylic acids is 1. The maximum Gasteiger partial charge on any atom is 0.243 e. The van der Waals surface area contributed by atoms with Gasteiger partial charge < -0.3 is 10.6 Å². The van der Waals surface area contributed by atoms with Crippen LogP contribution < -0.4 is 10.6 Å². The van der Waals surface area contributed by atoms with Crippen LogP contribution in [0.5, 0.6) is 0 Å². The summed E-state index contributed by atoms with van der Waals surface area (Å²) in [6.07, 6.45) is 2.87. The van der Waals surface area contributed by atoms with Crippen molar-refractivity contribution in [2.24, 2.45) is 0 Å². The van der Waals surface area contributed by atoms with Crippen LogP contribution >= 0.6 is 0 Å². The summed E-state index contributed by atoms with van der Waals surface area (Å²) in [6, 6.07) is 15.8. The molecule has 1 aliphatic rings. The molecule has 1 aliphatic heterocycles. The number of piperidine rings is 1. The molecule has 0 saturated carbocycles. The molecule has 1 fully saturated rings. The van der Waals surface area contributed by atoms with E-state index < -0.39 is 10.0 Å². The predicted molar refractivity (Wildman–Crippen MR) is 103 cm³/mol. The van der Waals surface area contributed by atoms with E-state index in [-0.39, 0.29) is 17.3 Å². The number of anilines is 2. The minimum Gasteiger partial charge on any atom is -0.376 e. The van der Waals surface area contributed by atoms with Gasteiger partial charge in [-0.2, -0.15) is 4.31 Å². The molecule has 1 amide bonds. The van der Waals surface area contributed by atoms with Crippen LogP contribution in [0.3, 0.4) is 0 Å². The number of rotatable bonds is 6. The van der Waals surface area contributed by atoms with E-state index in [1.807, 2.05) is 30.3 Å². The van der Waals surface area contributed by atoms with Gasteiger partial charge in [-0.1, -0.05) is 30.7 Å². The third-order valence-electron chi connectivity index (χ3n) is 4.30. The lowest BCUT2D eigenvalue weighted by Gasteiger charge is -2.26. The van der Waals surface area contributed by atoms with Gasteiger partial charge in [0.15, 0.2) is 0 Å². The fourth-order valence-corrected chi connectivity index (χ4v) is 4.49. The first-order chi connectivity index (χ1) is 12.6. The molecule has 1 saturated heterocycles. The third kappa shape index (κ3) is 4.62. The van der Waals surface area contributed by atoms with Gasteiger partial charge in [0.1, 0.15) is 0 Å². The van der Waals surface area contributed by atoms with Crippen molar-refractivity contribution in [1.29, 1.82) is 0 Å². The van der Waals surface area contributed by atoms with Gasteiger partial charge in [0.05, 0.1) is 11.4 Å². The fraction of sp³-hybridized carbons (Fsp3) is 0.316. The van der Waals surface area contributed by atoms with Gasteiger partial charge in [0, 0.05) is 24.5 Å². The molecule has 7 heteroatoms. The monoisotopic (exact) mass is 373 g/mol. The SMILES string of the molecule is O=C(CNc1cccc(S(=O)(=O)N2CCCCC2)c1)Nc1ccccc1. The molecule has 0 radical (unpaired) electrons. The van der Waals surface area contributed by atoms with Gasteiger partial charge in [-0.3, -0.25) is 4.79 Å². The second-order valence-corrected chi connectivity index (χ2v) is 8.20. The number of sulfonamides is 1. The highest BCUT2D eigenvalue weighted by Crippen LogP contribution is 2.22. The molecule has 0 atom stereocenters. The van der Waals surface area contributed by atoms with E-state index in [1.54, 1.807) is 24.3 Å². The van der Waals surface area contributed by atoms with Crippen molar-refractivity contribution in [3.05, 3.63) is 54.6 Å². The lowest BCUT2D eigenvalue weighted by molar-refractivity contribution is -0.114. The molecule has 26 heavy (non-hydrogen) atoms. The Kier molecular flexibility index (Phi) is 5.90. The van der Waals surface area contributed by atoms with E-state index in [0.29, 0.717) is 18.8 Å². The number of nitrogens with zero attached hydrogens (tertiary/aromatic N) is 1. The van der Waals surface area contributed by atoms with Crippen LogP contribution in [0.4, 0.5) is 11.4 Å². The van der Waals surface area contributed by atoms with Crippen LogP contribution in [0, 0.1) is 0 Å². The molecule has 0 unspecified atom stereocenters. The first kappa shape index (κ1) is 18.4. The van der Waals surface area contributed by atoms with E-state index in [2.05, 4.69) is 10.6 Å². The van der Waals surface area contributed by atoms with E-state index in [0.717, 1.165) is 24.9 Å². The lowest BCUT2D eigenvalue weighted by atomic mass is 10.2. The Morgan fingerprint density at radius 1 is 0.923 bits per heavy atom. The first-order valence-corrected chi connectivity index (χ1v) is 10.2. The second kappa shape index (κ2) is 8.33. The summed E-state index contributed by atoms with van der Waals surface area (Å²) < 4.78 is 27.0. The van der Waals surface area contributed by atoms with Crippen molar-refractivity contribution in [1.82, 2.24) is 4.31 Å². The van der Waals surface area contributed by atoms with Gasteiger partial charge in [-0.05, 0) is 43.2 Å². The number of benzene rings is 2. The number of hydrogen-bond donors (Lipinski definition) is 2. The smallest absolute Gasteiger partial charge is 0.243 e. The van der Waals surface area contributed by atoms with E-state index >= 15 is 0 Å². The fourth-order valence-electron chi connectivity index (χ4n) is 2.93. The minimum atomic E-state index is -3.48. The number of carbonyl (C=O) groups is 1. The Hall–Kier alpha value is -2.38. The van der Waals surface area contributed by atoms with E-state index in [9.17, 15) is 13.2 Å². The molecule has 0 aliphatic carbocycles. The normalized spacial score (nSPS) is 15.4. The van der Waals surface area contributed by atoms with Crippen molar-refractivity contribution < 1.29 is 13.2 Å². The van der Waals surface area contributed by atoms with Crippen molar-refractivity contribution in [3.63, 3.8) is 0 Å². The highest BCUT2D eigenvalue weighted by molar-refractivity contribution is 7.89. The molecular weight excluding hydrogens is 350 g/mol. The maximum atomic E-state index is 12.7. The Balaban J connectivity index is 1.63. The zero-order valence-electron chi connectivity index (χ0n) is 14.5. The molecule has 0 bridgehead atoms. The number of hydrogen-bond acceptors (Lipinski definition) is 4. The minimum absolute atomic E-state index is 0.0576. The average molecular weight is 373 g/mol. The molecule has 1 heterocycles. The Bertz CT molecular complexity index is 847. The van der Waals surface area contributed by atoms with Crippen LogP contribution in [-0.4, -0.2) is 38.3 Å². The number of para-hydroxylation sites is 1. The largest absolute Gasteiger partial charge is 0.376 e. The summed E-state index contributed by atoms with van der Waals surface area (Å²) in [5.74, 6) is -0.194. The number of amides is 1. The van der Waals surface area contributed by atoms with Crippen molar-refractivity contribution in [2.75, 3.05) is 30.3 Å². The Morgan fingerprint density at radius 2 is 1.62 bits per heavy atom. The van der Waals surface area contributed by atoms with Crippen LogP contribution in [0.2, 0.25) is 0 Å². The standard InChI is InChI=1S/C19H23N3O3S/c23-19(21-16-8-3-1-4-9-16)15-20-17-10-7-11-18(14-17)26(24,25)22-12-5-2-6-13-22/h1,3-4,7-11,14,20H,2,5-6,12-13,15H2,(H,21,23). The molecule has 2 N–H and O–H groups in total.